The zero-order valence-electron chi connectivity index (χ0n) is 16.1. The van der Waals surface area contributed by atoms with Crippen molar-refractivity contribution in [1.82, 2.24) is 0 Å². The van der Waals surface area contributed by atoms with Gasteiger partial charge in [-0.25, -0.2) is 8.42 Å². The van der Waals surface area contributed by atoms with Gasteiger partial charge in [0.2, 0.25) is 0 Å². The quantitative estimate of drug-likeness (QED) is 0.464. The van der Waals surface area contributed by atoms with E-state index in [0.717, 1.165) is 11.3 Å². The van der Waals surface area contributed by atoms with Crippen LogP contribution in [0.4, 0.5) is 11.4 Å². The van der Waals surface area contributed by atoms with E-state index in [1.165, 1.54) is 16.7 Å². The van der Waals surface area contributed by atoms with Crippen LogP contribution in [0, 0.1) is 20.8 Å². The van der Waals surface area contributed by atoms with Crippen LogP contribution in [0.1, 0.15) is 22.3 Å². The van der Waals surface area contributed by atoms with Gasteiger partial charge in [0.1, 0.15) is 0 Å². The van der Waals surface area contributed by atoms with Gasteiger partial charge in [-0.2, -0.15) is 5.10 Å². The van der Waals surface area contributed by atoms with Crippen molar-refractivity contribution in [2.75, 3.05) is 10.1 Å². The molecule has 3 rings (SSSR count). The molecule has 5 nitrogen and oxygen atoms in total. The van der Waals surface area contributed by atoms with Crippen molar-refractivity contribution in [3.8, 4) is 0 Å². The fraction of sp³-hybridized carbons (Fsp3) is 0.136. The predicted octanol–water partition coefficient (Wildman–Crippen LogP) is 4.86. The summed E-state index contributed by atoms with van der Waals surface area (Å²) in [5, 5.41) is 4.30. The third-order valence-corrected chi connectivity index (χ3v) is 5.71. The van der Waals surface area contributed by atoms with Crippen LogP contribution in [0.3, 0.4) is 0 Å². The minimum absolute atomic E-state index is 0.227. The zero-order chi connectivity index (χ0) is 20.1. The summed E-state index contributed by atoms with van der Waals surface area (Å²) in [6, 6.07) is 19.5. The van der Waals surface area contributed by atoms with Gasteiger partial charge in [0.05, 0.1) is 16.8 Å². The molecule has 0 aliphatic heterocycles. The molecule has 0 bridgehead atoms. The number of nitrogens with zero attached hydrogens (tertiary/aromatic N) is 1. The third kappa shape index (κ3) is 4.78. The Balaban J connectivity index is 1.67. The Morgan fingerprint density at radius 3 is 2.00 bits per heavy atom. The summed E-state index contributed by atoms with van der Waals surface area (Å²) >= 11 is 0. The Kier molecular flexibility index (Phi) is 5.80. The molecule has 3 aromatic rings. The summed E-state index contributed by atoms with van der Waals surface area (Å²) in [4.78, 5) is 0.227. The smallest absolute Gasteiger partial charge is 0.261 e. The number of sulfonamides is 1. The molecule has 0 heterocycles. The van der Waals surface area contributed by atoms with Gasteiger partial charge in [-0.15, -0.1) is 0 Å². The molecule has 6 heteroatoms. The fourth-order valence-electron chi connectivity index (χ4n) is 2.99. The zero-order valence-corrected chi connectivity index (χ0v) is 16.9. The molecule has 0 fully saturated rings. The molecular formula is C22H23N3O2S. The lowest BCUT2D eigenvalue weighted by Gasteiger charge is -2.09. The Morgan fingerprint density at radius 2 is 1.39 bits per heavy atom. The number of nitrogens with one attached hydrogen (secondary N) is 2. The van der Waals surface area contributed by atoms with Crippen LogP contribution >= 0.6 is 0 Å². The average molecular weight is 394 g/mol. The number of rotatable bonds is 6. The van der Waals surface area contributed by atoms with E-state index in [1.54, 1.807) is 60.8 Å². The van der Waals surface area contributed by atoms with Crippen LogP contribution in [0.15, 0.2) is 76.7 Å². The highest BCUT2D eigenvalue weighted by atomic mass is 32.2. The van der Waals surface area contributed by atoms with E-state index in [2.05, 4.69) is 48.2 Å². The van der Waals surface area contributed by atoms with Crippen molar-refractivity contribution in [1.29, 1.82) is 0 Å². The van der Waals surface area contributed by atoms with Crippen molar-refractivity contribution in [2.24, 2.45) is 5.10 Å². The van der Waals surface area contributed by atoms with Crippen LogP contribution in [0.2, 0.25) is 0 Å². The molecule has 0 radical (unpaired) electrons. The molecule has 144 valence electrons. The Morgan fingerprint density at radius 1 is 0.821 bits per heavy atom. The molecule has 0 aliphatic carbocycles. The highest BCUT2D eigenvalue weighted by Crippen LogP contribution is 2.19. The van der Waals surface area contributed by atoms with Gasteiger partial charge >= 0.3 is 0 Å². The second-order valence-corrected chi connectivity index (χ2v) is 8.36. The van der Waals surface area contributed by atoms with Crippen molar-refractivity contribution in [3.63, 3.8) is 0 Å². The molecular weight excluding hydrogens is 370 g/mol. The Labute approximate surface area is 166 Å². The van der Waals surface area contributed by atoms with Crippen LogP contribution in [-0.4, -0.2) is 14.6 Å². The van der Waals surface area contributed by atoms with E-state index in [9.17, 15) is 8.42 Å². The SMILES string of the molecule is Cc1cc(C)c(/C=N/Nc2ccc(NS(=O)(=O)c3ccccc3)cc2)c(C)c1. The number of hydrogen-bond donors (Lipinski definition) is 2. The average Bonchev–Trinajstić information content (AvgIpc) is 2.65. The summed E-state index contributed by atoms with van der Waals surface area (Å²) < 4.78 is 27.3. The first-order valence-electron chi connectivity index (χ1n) is 8.90. The number of hydrazone groups is 1. The molecule has 0 atom stereocenters. The molecule has 0 unspecified atom stereocenters. The molecule has 28 heavy (non-hydrogen) atoms. The van der Waals surface area contributed by atoms with Gasteiger partial charge in [0.15, 0.2) is 0 Å². The molecule has 3 aromatic carbocycles. The van der Waals surface area contributed by atoms with E-state index < -0.39 is 10.0 Å². The van der Waals surface area contributed by atoms with Crippen LogP contribution in [-0.2, 0) is 10.0 Å². The first-order chi connectivity index (χ1) is 13.3. The highest BCUT2D eigenvalue weighted by molar-refractivity contribution is 7.92. The molecule has 0 amide bonds. The number of benzene rings is 3. The molecule has 0 aromatic heterocycles. The molecule has 0 spiro atoms. The van der Waals surface area contributed by atoms with Crippen molar-refractivity contribution in [3.05, 3.63) is 89.0 Å². The van der Waals surface area contributed by atoms with E-state index in [4.69, 9.17) is 0 Å². The summed E-state index contributed by atoms with van der Waals surface area (Å²) in [5.41, 5.74) is 8.90. The first-order valence-corrected chi connectivity index (χ1v) is 10.4. The summed E-state index contributed by atoms with van der Waals surface area (Å²) in [6.45, 7) is 6.21. The van der Waals surface area contributed by atoms with Gasteiger partial charge < -0.3 is 0 Å². The summed E-state index contributed by atoms with van der Waals surface area (Å²) in [6.07, 6.45) is 1.80. The number of hydrogen-bond acceptors (Lipinski definition) is 4. The lowest BCUT2D eigenvalue weighted by atomic mass is 10.0. The van der Waals surface area contributed by atoms with E-state index in [0.29, 0.717) is 5.69 Å². The van der Waals surface area contributed by atoms with Crippen LogP contribution in [0.25, 0.3) is 0 Å². The minimum Gasteiger partial charge on any atom is -0.280 e. The normalized spacial score (nSPS) is 11.5. The molecule has 0 aliphatic rings. The molecule has 2 N–H and O–H groups in total. The second kappa shape index (κ2) is 8.27. The lowest BCUT2D eigenvalue weighted by Crippen LogP contribution is -2.12. The van der Waals surface area contributed by atoms with E-state index >= 15 is 0 Å². The van der Waals surface area contributed by atoms with Gasteiger partial charge in [0.25, 0.3) is 10.0 Å². The maximum absolute atomic E-state index is 12.4. The Bertz CT molecular complexity index is 1070. The van der Waals surface area contributed by atoms with E-state index in [-0.39, 0.29) is 4.90 Å². The monoisotopic (exact) mass is 393 g/mol. The maximum Gasteiger partial charge on any atom is 0.261 e. The summed E-state index contributed by atoms with van der Waals surface area (Å²) in [7, 11) is -3.59. The number of aryl methyl sites for hydroxylation is 3. The van der Waals surface area contributed by atoms with Crippen molar-refractivity contribution < 1.29 is 8.42 Å². The number of anilines is 2. The van der Waals surface area contributed by atoms with E-state index in [1.807, 2.05) is 0 Å². The molecule has 0 saturated carbocycles. The fourth-order valence-corrected chi connectivity index (χ4v) is 4.07. The molecule has 0 saturated heterocycles. The minimum atomic E-state index is -3.59. The van der Waals surface area contributed by atoms with Gasteiger partial charge in [-0.3, -0.25) is 10.1 Å². The Hall–Kier alpha value is -3.12. The van der Waals surface area contributed by atoms with Crippen LogP contribution < -0.4 is 10.1 Å². The van der Waals surface area contributed by atoms with Crippen molar-refractivity contribution >= 4 is 27.6 Å². The highest BCUT2D eigenvalue weighted by Gasteiger charge is 2.13. The topological polar surface area (TPSA) is 70.6 Å². The second-order valence-electron chi connectivity index (χ2n) is 6.68. The van der Waals surface area contributed by atoms with Crippen molar-refractivity contribution in [2.45, 2.75) is 25.7 Å². The van der Waals surface area contributed by atoms with Gasteiger partial charge in [0, 0.05) is 11.3 Å². The van der Waals surface area contributed by atoms with Gasteiger partial charge in [-0.05, 0) is 68.3 Å². The largest absolute Gasteiger partial charge is 0.280 e. The van der Waals surface area contributed by atoms with Gasteiger partial charge in [-0.1, -0.05) is 35.9 Å². The maximum atomic E-state index is 12.4. The first kappa shape index (κ1) is 19.6. The third-order valence-electron chi connectivity index (χ3n) is 4.32. The standard InChI is InChI=1S/C22H23N3O2S/c1-16-13-17(2)22(18(3)14-16)15-23-24-19-9-11-20(12-10-19)25-28(26,27)21-7-5-4-6-8-21/h4-15,24-25H,1-3H3/b23-15+. The lowest BCUT2D eigenvalue weighted by molar-refractivity contribution is 0.601. The summed E-state index contributed by atoms with van der Waals surface area (Å²) in [5.74, 6) is 0. The van der Waals surface area contributed by atoms with Crippen LogP contribution in [0.5, 0.6) is 0 Å². The predicted molar refractivity (Wildman–Crippen MR) is 116 cm³/mol.